The van der Waals surface area contributed by atoms with Crippen LogP contribution < -0.4 is 0 Å². The van der Waals surface area contributed by atoms with Gasteiger partial charge in [0.2, 0.25) is 0 Å². The number of aromatic nitrogens is 1. The van der Waals surface area contributed by atoms with Crippen LogP contribution >= 0.6 is 0 Å². The molecule has 0 aliphatic carbocycles. The molecule has 0 atom stereocenters. The molecule has 0 unspecified atom stereocenters. The Kier molecular flexibility index (Phi) is 5.67. The number of hydrogen-bond acceptors (Lipinski definition) is 2. The SMILES string of the molecule is CCCCN(CCC)C(=O)c1ccnc(C)c1. The molecule has 3 nitrogen and oxygen atoms in total. The maximum atomic E-state index is 12.3. The molecule has 0 aliphatic rings. The Bertz CT molecular complexity index is 363. The van der Waals surface area contributed by atoms with Crippen LogP contribution in [0.15, 0.2) is 18.3 Å². The highest BCUT2D eigenvalue weighted by atomic mass is 16.2. The summed E-state index contributed by atoms with van der Waals surface area (Å²) < 4.78 is 0. The molecule has 1 aromatic heterocycles. The molecule has 1 amide bonds. The molecule has 0 saturated heterocycles. The smallest absolute Gasteiger partial charge is 0.253 e. The fraction of sp³-hybridized carbons (Fsp3) is 0.571. The topological polar surface area (TPSA) is 33.2 Å². The van der Waals surface area contributed by atoms with E-state index >= 15 is 0 Å². The van der Waals surface area contributed by atoms with Crippen molar-refractivity contribution in [3.05, 3.63) is 29.6 Å². The highest BCUT2D eigenvalue weighted by Gasteiger charge is 2.14. The van der Waals surface area contributed by atoms with E-state index in [4.69, 9.17) is 0 Å². The van der Waals surface area contributed by atoms with Gasteiger partial charge in [0, 0.05) is 30.5 Å². The van der Waals surface area contributed by atoms with Crippen LogP contribution in [0.25, 0.3) is 0 Å². The molecule has 0 spiro atoms. The van der Waals surface area contributed by atoms with Crippen LogP contribution in [0.5, 0.6) is 0 Å². The predicted molar refractivity (Wildman–Crippen MR) is 70.1 cm³/mol. The van der Waals surface area contributed by atoms with Crippen molar-refractivity contribution < 1.29 is 4.79 Å². The average Bonchev–Trinajstić information content (AvgIpc) is 2.33. The van der Waals surface area contributed by atoms with Crippen molar-refractivity contribution >= 4 is 5.91 Å². The number of carbonyl (C=O) groups is 1. The molecule has 3 heteroatoms. The summed E-state index contributed by atoms with van der Waals surface area (Å²) in [4.78, 5) is 18.4. The van der Waals surface area contributed by atoms with Gasteiger partial charge in [-0.2, -0.15) is 0 Å². The first-order chi connectivity index (χ1) is 8.19. The summed E-state index contributed by atoms with van der Waals surface area (Å²) >= 11 is 0. The molecule has 0 fully saturated rings. The monoisotopic (exact) mass is 234 g/mol. The zero-order valence-corrected chi connectivity index (χ0v) is 11.1. The fourth-order valence-electron chi connectivity index (χ4n) is 1.79. The molecule has 0 radical (unpaired) electrons. The minimum atomic E-state index is 0.130. The fourth-order valence-corrected chi connectivity index (χ4v) is 1.79. The number of hydrogen-bond donors (Lipinski definition) is 0. The van der Waals surface area contributed by atoms with Crippen molar-refractivity contribution in [2.45, 2.75) is 40.0 Å². The van der Waals surface area contributed by atoms with Gasteiger partial charge in [-0.05, 0) is 31.9 Å². The average molecular weight is 234 g/mol. The molecular weight excluding hydrogens is 212 g/mol. The number of rotatable bonds is 6. The van der Waals surface area contributed by atoms with Gasteiger partial charge >= 0.3 is 0 Å². The molecule has 0 aliphatic heterocycles. The van der Waals surface area contributed by atoms with E-state index in [1.807, 2.05) is 17.9 Å². The quantitative estimate of drug-likeness (QED) is 0.758. The second-order valence-corrected chi connectivity index (χ2v) is 4.33. The van der Waals surface area contributed by atoms with E-state index in [2.05, 4.69) is 18.8 Å². The molecular formula is C14H22N2O. The lowest BCUT2D eigenvalue weighted by Gasteiger charge is -2.22. The highest BCUT2D eigenvalue weighted by Crippen LogP contribution is 2.08. The van der Waals surface area contributed by atoms with Gasteiger partial charge in [-0.25, -0.2) is 0 Å². The summed E-state index contributed by atoms with van der Waals surface area (Å²) in [5.74, 6) is 0.130. The van der Waals surface area contributed by atoms with E-state index in [1.165, 1.54) is 0 Å². The molecule has 1 aromatic rings. The maximum Gasteiger partial charge on any atom is 0.253 e. The lowest BCUT2D eigenvalue weighted by Crippen LogP contribution is -2.32. The van der Waals surface area contributed by atoms with Crippen molar-refractivity contribution in [1.29, 1.82) is 0 Å². The summed E-state index contributed by atoms with van der Waals surface area (Å²) in [5.41, 5.74) is 1.64. The van der Waals surface area contributed by atoms with Crippen LogP contribution in [-0.4, -0.2) is 28.9 Å². The zero-order chi connectivity index (χ0) is 12.7. The Morgan fingerprint density at radius 3 is 2.65 bits per heavy atom. The van der Waals surface area contributed by atoms with E-state index in [-0.39, 0.29) is 5.91 Å². The Balaban J connectivity index is 2.76. The Morgan fingerprint density at radius 1 is 1.29 bits per heavy atom. The van der Waals surface area contributed by atoms with Gasteiger partial charge in [-0.15, -0.1) is 0 Å². The van der Waals surface area contributed by atoms with Crippen LogP contribution in [0.2, 0.25) is 0 Å². The first-order valence-electron chi connectivity index (χ1n) is 6.41. The number of pyridine rings is 1. The second-order valence-electron chi connectivity index (χ2n) is 4.33. The molecule has 0 aromatic carbocycles. The van der Waals surface area contributed by atoms with E-state index in [1.54, 1.807) is 12.3 Å². The minimum Gasteiger partial charge on any atom is -0.339 e. The van der Waals surface area contributed by atoms with Crippen molar-refractivity contribution in [2.24, 2.45) is 0 Å². The molecule has 17 heavy (non-hydrogen) atoms. The minimum absolute atomic E-state index is 0.130. The van der Waals surface area contributed by atoms with Crippen LogP contribution in [-0.2, 0) is 0 Å². The maximum absolute atomic E-state index is 12.3. The first kappa shape index (κ1) is 13.7. The predicted octanol–water partition coefficient (Wildman–Crippen LogP) is 3.04. The number of unbranched alkanes of at least 4 members (excludes halogenated alkanes) is 1. The zero-order valence-electron chi connectivity index (χ0n) is 11.1. The molecule has 1 rings (SSSR count). The summed E-state index contributed by atoms with van der Waals surface area (Å²) in [6.45, 7) is 7.84. The van der Waals surface area contributed by atoms with Crippen LogP contribution in [0.3, 0.4) is 0 Å². The van der Waals surface area contributed by atoms with Gasteiger partial charge in [0.25, 0.3) is 5.91 Å². The molecule has 1 heterocycles. The van der Waals surface area contributed by atoms with Crippen LogP contribution in [0, 0.1) is 6.92 Å². The van der Waals surface area contributed by atoms with Gasteiger partial charge < -0.3 is 4.90 Å². The lowest BCUT2D eigenvalue weighted by atomic mass is 10.2. The summed E-state index contributed by atoms with van der Waals surface area (Å²) in [7, 11) is 0. The first-order valence-corrected chi connectivity index (χ1v) is 6.41. The largest absolute Gasteiger partial charge is 0.339 e. The third kappa shape index (κ3) is 4.17. The van der Waals surface area contributed by atoms with Gasteiger partial charge in [0.1, 0.15) is 0 Å². The Morgan fingerprint density at radius 2 is 2.06 bits per heavy atom. The Labute approximate surface area is 104 Å². The van der Waals surface area contributed by atoms with E-state index in [9.17, 15) is 4.79 Å². The molecule has 94 valence electrons. The van der Waals surface area contributed by atoms with Crippen LogP contribution in [0.1, 0.15) is 49.2 Å². The van der Waals surface area contributed by atoms with Gasteiger partial charge in [-0.1, -0.05) is 20.3 Å². The number of aryl methyl sites for hydroxylation is 1. The summed E-state index contributed by atoms with van der Waals surface area (Å²) in [6.07, 6.45) is 4.88. The number of nitrogens with zero attached hydrogens (tertiary/aromatic N) is 2. The standard InChI is InChI=1S/C14H22N2O/c1-4-6-10-16(9-5-2)14(17)13-7-8-15-12(3)11-13/h7-8,11H,4-6,9-10H2,1-3H3. The second kappa shape index (κ2) is 7.05. The third-order valence-corrected chi connectivity index (χ3v) is 2.71. The summed E-state index contributed by atoms with van der Waals surface area (Å²) in [6, 6.07) is 3.65. The molecule has 0 saturated carbocycles. The van der Waals surface area contributed by atoms with E-state index in [0.29, 0.717) is 0 Å². The van der Waals surface area contributed by atoms with Gasteiger partial charge in [0.05, 0.1) is 0 Å². The third-order valence-electron chi connectivity index (χ3n) is 2.71. The normalized spacial score (nSPS) is 10.3. The highest BCUT2D eigenvalue weighted by molar-refractivity contribution is 5.94. The number of amides is 1. The van der Waals surface area contributed by atoms with E-state index in [0.717, 1.165) is 43.6 Å². The van der Waals surface area contributed by atoms with E-state index < -0.39 is 0 Å². The van der Waals surface area contributed by atoms with Crippen molar-refractivity contribution in [1.82, 2.24) is 9.88 Å². The van der Waals surface area contributed by atoms with Crippen molar-refractivity contribution in [3.8, 4) is 0 Å². The molecule has 0 bridgehead atoms. The van der Waals surface area contributed by atoms with Crippen LogP contribution in [0.4, 0.5) is 0 Å². The number of carbonyl (C=O) groups excluding carboxylic acids is 1. The molecule has 0 N–H and O–H groups in total. The van der Waals surface area contributed by atoms with Gasteiger partial charge in [0.15, 0.2) is 0 Å². The lowest BCUT2D eigenvalue weighted by molar-refractivity contribution is 0.0753. The van der Waals surface area contributed by atoms with Crippen molar-refractivity contribution in [3.63, 3.8) is 0 Å². The Hall–Kier alpha value is -1.38. The van der Waals surface area contributed by atoms with Gasteiger partial charge in [-0.3, -0.25) is 9.78 Å². The summed E-state index contributed by atoms with van der Waals surface area (Å²) in [5, 5.41) is 0. The van der Waals surface area contributed by atoms with Crippen molar-refractivity contribution in [2.75, 3.05) is 13.1 Å².